The number of aromatic hydroxyl groups is 1. The van der Waals surface area contributed by atoms with Crippen LogP contribution in [0, 0.1) is 0 Å². The molecule has 0 bridgehead atoms. The molecule has 3 aromatic carbocycles. The highest BCUT2D eigenvalue weighted by atomic mass is 16.5. The van der Waals surface area contributed by atoms with Crippen LogP contribution in [0.1, 0.15) is 0 Å². The second-order valence-corrected chi connectivity index (χ2v) is 4.94. The fourth-order valence-electron chi connectivity index (χ4n) is 2.21. The molecule has 0 aliphatic carbocycles. The van der Waals surface area contributed by atoms with Crippen molar-refractivity contribution in [2.45, 2.75) is 0 Å². The summed E-state index contributed by atoms with van der Waals surface area (Å²) in [5.41, 5.74) is 14.2. The fraction of sp³-hybridized carbons (Fsp3) is 0. The number of phenols is 1. The maximum Gasteiger partial charge on any atom is 0.150 e. The number of nitrogen functional groups attached to an aromatic ring is 2. The molecule has 3 rings (SSSR count). The summed E-state index contributed by atoms with van der Waals surface area (Å²) in [5, 5.41) is 10.0. The van der Waals surface area contributed by atoms with Crippen molar-refractivity contribution in [1.82, 2.24) is 0 Å². The zero-order chi connectivity index (χ0) is 15.5. The Balaban J connectivity index is 1.96. The van der Waals surface area contributed by atoms with Crippen LogP contribution >= 0.6 is 0 Å². The summed E-state index contributed by atoms with van der Waals surface area (Å²) in [7, 11) is 0. The summed E-state index contributed by atoms with van der Waals surface area (Å²) in [5.74, 6) is 1.32. The van der Waals surface area contributed by atoms with Crippen molar-refractivity contribution in [3.63, 3.8) is 0 Å². The first kappa shape index (κ1) is 13.8. The van der Waals surface area contributed by atoms with E-state index in [4.69, 9.17) is 16.2 Å². The number of anilines is 2. The van der Waals surface area contributed by atoms with Crippen LogP contribution in [-0.2, 0) is 0 Å². The van der Waals surface area contributed by atoms with E-state index in [1.165, 1.54) is 0 Å². The van der Waals surface area contributed by atoms with Crippen LogP contribution in [-0.4, -0.2) is 5.11 Å². The predicted octanol–water partition coefficient (Wildman–Crippen LogP) is 4.02. The maximum atomic E-state index is 10.0. The first-order chi connectivity index (χ1) is 10.6. The van der Waals surface area contributed by atoms with Crippen molar-refractivity contribution in [2.75, 3.05) is 11.5 Å². The van der Waals surface area contributed by atoms with Crippen molar-refractivity contribution in [1.29, 1.82) is 0 Å². The van der Waals surface area contributed by atoms with Gasteiger partial charge in [-0.05, 0) is 42.0 Å². The molecular weight excluding hydrogens is 276 g/mol. The average molecular weight is 292 g/mol. The number of nitrogens with two attached hydrogens (primary N) is 2. The van der Waals surface area contributed by atoms with Crippen molar-refractivity contribution in [3.8, 4) is 28.4 Å². The molecule has 5 N–H and O–H groups in total. The highest BCUT2D eigenvalue weighted by Crippen LogP contribution is 2.35. The summed E-state index contributed by atoms with van der Waals surface area (Å²) in [4.78, 5) is 0. The van der Waals surface area contributed by atoms with Crippen molar-refractivity contribution in [3.05, 3.63) is 66.7 Å². The maximum absolute atomic E-state index is 10.0. The SMILES string of the molecule is Nc1ccc(Oc2ccc(O)c(-c3ccccc3)c2)c(N)c1. The smallest absolute Gasteiger partial charge is 0.150 e. The van der Waals surface area contributed by atoms with Gasteiger partial charge in [0.2, 0.25) is 0 Å². The molecule has 0 radical (unpaired) electrons. The van der Waals surface area contributed by atoms with Gasteiger partial charge in [-0.3, -0.25) is 0 Å². The third-order valence-corrected chi connectivity index (χ3v) is 3.31. The molecule has 4 nitrogen and oxygen atoms in total. The van der Waals surface area contributed by atoms with Gasteiger partial charge in [-0.1, -0.05) is 30.3 Å². The molecule has 0 aliphatic rings. The molecule has 0 saturated carbocycles. The van der Waals surface area contributed by atoms with E-state index >= 15 is 0 Å². The summed E-state index contributed by atoms with van der Waals surface area (Å²) >= 11 is 0. The summed E-state index contributed by atoms with van der Waals surface area (Å²) < 4.78 is 5.79. The molecule has 4 heteroatoms. The molecule has 0 aliphatic heterocycles. The third kappa shape index (κ3) is 2.81. The Morgan fingerprint density at radius 2 is 1.59 bits per heavy atom. The van der Waals surface area contributed by atoms with E-state index in [-0.39, 0.29) is 5.75 Å². The van der Waals surface area contributed by atoms with Gasteiger partial charge in [0.05, 0.1) is 5.69 Å². The van der Waals surface area contributed by atoms with Gasteiger partial charge in [-0.25, -0.2) is 0 Å². The van der Waals surface area contributed by atoms with Crippen LogP contribution in [0.4, 0.5) is 11.4 Å². The van der Waals surface area contributed by atoms with Crippen LogP contribution < -0.4 is 16.2 Å². The number of phenolic OH excluding ortho intramolecular Hbond substituents is 1. The molecule has 3 aromatic rings. The Bertz CT molecular complexity index is 801. The van der Waals surface area contributed by atoms with Crippen LogP contribution in [0.25, 0.3) is 11.1 Å². The molecule has 0 fully saturated rings. The van der Waals surface area contributed by atoms with E-state index in [1.54, 1.807) is 36.4 Å². The largest absolute Gasteiger partial charge is 0.507 e. The predicted molar refractivity (Wildman–Crippen MR) is 88.9 cm³/mol. The van der Waals surface area contributed by atoms with Crippen molar-refractivity contribution >= 4 is 11.4 Å². The van der Waals surface area contributed by atoms with E-state index in [0.717, 1.165) is 5.56 Å². The lowest BCUT2D eigenvalue weighted by Crippen LogP contribution is -1.94. The molecule has 0 spiro atoms. The molecule has 0 unspecified atom stereocenters. The molecule has 0 amide bonds. The molecule has 110 valence electrons. The summed E-state index contributed by atoms with van der Waals surface area (Å²) in [6.45, 7) is 0. The van der Waals surface area contributed by atoms with Crippen molar-refractivity contribution in [2.24, 2.45) is 0 Å². The van der Waals surface area contributed by atoms with Gasteiger partial charge in [-0.15, -0.1) is 0 Å². The minimum Gasteiger partial charge on any atom is -0.507 e. The Morgan fingerprint density at radius 1 is 0.818 bits per heavy atom. The lowest BCUT2D eigenvalue weighted by Gasteiger charge is -2.11. The van der Waals surface area contributed by atoms with Gasteiger partial charge in [0.25, 0.3) is 0 Å². The van der Waals surface area contributed by atoms with Crippen LogP contribution in [0.3, 0.4) is 0 Å². The third-order valence-electron chi connectivity index (χ3n) is 3.31. The molecular formula is C18H16N2O2. The lowest BCUT2D eigenvalue weighted by atomic mass is 10.0. The minimum absolute atomic E-state index is 0.198. The number of rotatable bonds is 3. The van der Waals surface area contributed by atoms with Gasteiger partial charge in [0, 0.05) is 11.3 Å². The fourth-order valence-corrected chi connectivity index (χ4v) is 2.21. The standard InChI is InChI=1S/C18H16N2O2/c19-13-6-9-18(16(20)10-13)22-14-7-8-17(21)15(11-14)12-4-2-1-3-5-12/h1-11,21H,19-20H2. The van der Waals surface area contributed by atoms with E-state index in [1.807, 2.05) is 30.3 Å². The van der Waals surface area contributed by atoms with E-state index in [0.29, 0.717) is 28.4 Å². The van der Waals surface area contributed by atoms with E-state index in [2.05, 4.69) is 0 Å². The number of ether oxygens (including phenoxy) is 1. The van der Waals surface area contributed by atoms with Gasteiger partial charge >= 0.3 is 0 Å². The highest BCUT2D eigenvalue weighted by molar-refractivity contribution is 5.72. The zero-order valence-corrected chi connectivity index (χ0v) is 11.9. The molecule has 22 heavy (non-hydrogen) atoms. The summed E-state index contributed by atoms with van der Waals surface area (Å²) in [6, 6.07) is 19.8. The monoisotopic (exact) mass is 292 g/mol. The van der Waals surface area contributed by atoms with Gasteiger partial charge in [0.1, 0.15) is 17.2 Å². The van der Waals surface area contributed by atoms with E-state index in [9.17, 15) is 5.11 Å². The zero-order valence-electron chi connectivity index (χ0n) is 11.9. The topological polar surface area (TPSA) is 81.5 Å². The first-order valence-electron chi connectivity index (χ1n) is 6.85. The van der Waals surface area contributed by atoms with Crippen LogP contribution in [0.2, 0.25) is 0 Å². The number of benzene rings is 3. The summed E-state index contributed by atoms with van der Waals surface area (Å²) in [6.07, 6.45) is 0. The number of hydrogen-bond donors (Lipinski definition) is 3. The Kier molecular flexibility index (Phi) is 3.58. The Labute approximate surface area is 128 Å². The van der Waals surface area contributed by atoms with Crippen LogP contribution in [0.15, 0.2) is 66.7 Å². The molecule has 0 aromatic heterocycles. The molecule has 0 heterocycles. The normalized spacial score (nSPS) is 10.4. The Hall–Kier alpha value is -3.14. The minimum atomic E-state index is 0.198. The van der Waals surface area contributed by atoms with Crippen LogP contribution in [0.5, 0.6) is 17.2 Å². The van der Waals surface area contributed by atoms with E-state index < -0.39 is 0 Å². The molecule has 0 saturated heterocycles. The first-order valence-corrected chi connectivity index (χ1v) is 6.85. The quantitative estimate of drug-likeness (QED) is 0.637. The Morgan fingerprint density at radius 3 is 2.32 bits per heavy atom. The lowest BCUT2D eigenvalue weighted by molar-refractivity contribution is 0.467. The second-order valence-electron chi connectivity index (χ2n) is 4.94. The van der Waals surface area contributed by atoms with Gasteiger partial charge in [0.15, 0.2) is 0 Å². The number of hydrogen-bond acceptors (Lipinski definition) is 4. The van der Waals surface area contributed by atoms with Crippen molar-refractivity contribution < 1.29 is 9.84 Å². The highest BCUT2D eigenvalue weighted by Gasteiger charge is 2.08. The van der Waals surface area contributed by atoms with Gasteiger partial charge < -0.3 is 21.3 Å². The average Bonchev–Trinajstić information content (AvgIpc) is 2.52. The van der Waals surface area contributed by atoms with Gasteiger partial charge in [-0.2, -0.15) is 0 Å². The molecule has 0 atom stereocenters. The second kappa shape index (κ2) is 5.69.